The second kappa shape index (κ2) is 7.04. The van der Waals surface area contributed by atoms with Crippen LogP contribution in [0.15, 0.2) is 12.4 Å². The van der Waals surface area contributed by atoms with E-state index in [1.165, 1.54) is 0 Å². The van der Waals surface area contributed by atoms with Crippen molar-refractivity contribution in [3.63, 3.8) is 0 Å². The molecule has 1 saturated heterocycles. The molecule has 7 nitrogen and oxygen atoms in total. The number of ether oxygens (including phenoxy) is 2. The van der Waals surface area contributed by atoms with E-state index in [9.17, 15) is 4.79 Å². The van der Waals surface area contributed by atoms with Crippen LogP contribution in [-0.4, -0.2) is 46.4 Å². The monoisotopic (exact) mass is 281 g/mol. The predicted octanol–water partition coefficient (Wildman–Crippen LogP) is 1.31. The molecule has 2 N–H and O–H groups in total. The summed E-state index contributed by atoms with van der Waals surface area (Å²) < 4.78 is 10.8. The number of nitrogens with one attached hydrogen (secondary N) is 1. The van der Waals surface area contributed by atoms with Crippen molar-refractivity contribution in [2.45, 2.75) is 38.4 Å². The smallest absolute Gasteiger partial charge is 0.332 e. The number of hydrogen-bond donors (Lipinski definition) is 2. The molecule has 1 fully saturated rings. The van der Waals surface area contributed by atoms with Gasteiger partial charge in [0, 0.05) is 6.54 Å². The van der Waals surface area contributed by atoms with E-state index in [2.05, 4.69) is 15.3 Å². The van der Waals surface area contributed by atoms with E-state index in [1.54, 1.807) is 12.4 Å². The Morgan fingerprint density at radius 2 is 2.40 bits per heavy atom. The standard InChI is InChI=1S/C13H19N3O4/c1-2-5-19-12-8-14-7-11(16-12)15-6-9-3-4-10(20-9)13(17)18/h7-10H,2-6H2,1H3,(H,15,16)(H,17,18). The minimum Gasteiger partial charge on any atom is -0.479 e. The van der Waals surface area contributed by atoms with Crippen LogP contribution in [0.5, 0.6) is 5.88 Å². The van der Waals surface area contributed by atoms with Crippen LogP contribution in [0.3, 0.4) is 0 Å². The molecule has 0 aromatic carbocycles. The van der Waals surface area contributed by atoms with E-state index in [4.69, 9.17) is 14.6 Å². The first-order valence-corrected chi connectivity index (χ1v) is 6.76. The Morgan fingerprint density at radius 3 is 3.10 bits per heavy atom. The average Bonchev–Trinajstić information content (AvgIpc) is 2.92. The molecule has 2 heterocycles. The third kappa shape index (κ3) is 4.06. The maximum Gasteiger partial charge on any atom is 0.332 e. The third-order valence-electron chi connectivity index (χ3n) is 2.96. The molecule has 1 aromatic heterocycles. The van der Waals surface area contributed by atoms with Crippen LogP contribution in [0.2, 0.25) is 0 Å². The van der Waals surface area contributed by atoms with Crippen molar-refractivity contribution in [3.8, 4) is 5.88 Å². The summed E-state index contributed by atoms with van der Waals surface area (Å²) in [6.07, 6.45) is 4.54. The van der Waals surface area contributed by atoms with Gasteiger partial charge in [-0.25, -0.2) is 4.79 Å². The molecular formula is C13H19N3O4. The summed E-state index contributed by atoms with van der Waals surface area (Å²) >= 11 is 0. The maximum absolute atomic E-state index is 10.8. The van der Waals surface area contributed by atoms with Crippen LogP contribution in [0.4, 0.5) is 5.82 Å². The minimum atomic E-state index is -0.901. The molecule has 0 radical (unpaired) electrons. The highest BCUT2D eigenvalue weighted by atomic mass is 16.5. The number of aliphatic carboxylic acids is 1. The fraction of sp³-hybridized carbons (Fsp3) is 0.615. The van der Waals surface area contributed by atoms with Crippen LogP contribution in [0.1, 0.15) is 26.2 Å². The molecule has 1 aliphatic rings. The Bertz CT molecular complexity index is 455. The highest BCUT2D eigenvalue weighted by molar-refractivity contribution is 5.72. The molecule has 0 spiro atoms. The van der Waals surface area contributed by atoms with E-state index in [-0.39, 0.29) is 6.10 Å². The summed E-state index contributed by atoms with van der Waals surface area (Å²) in [6, 6.07) is 0. The molecule has 0 saturated carbocycles. The quantitative estimate of drug-likeness (QED) is 0.778. The summed E-state index contributed by atoms with van der Waals surface area (Å²) in [7, 11) is 0. The van der Waals surface area contributed by atoms with Gasteiger partial charge in [-0.2, -0.15) is 4.98 Å². The first-order valence-electron chi connectivity index (χ1n) is 6.76. The topological polar surface area (TPSA) is 93.6 Å². The first-order chi connectivity index (χ1) is 9.69. The number of aromatic nitrogens is 2. The highest BCUT2D eigenvalue weighted by Gasteiger charge is 2.30. The summed E-state index contributed by atoms with van der Waals surface area (Å²) in [5, 5.41) is 11.9. The van der Waals surface area contributed by atoms with Gasteiger partial charge in [-0.15, -0.1) is 0 Å². The van der Waals surface area contributed by atoms with E-state index in [1.807, 2.05) is 6.92 Å². The molecule has 0 amide bonds. The molecule has 2 rings (SSSR count). The Morgan fingerprint density at radius 1 is 1.55 bits per heavy atom. The van der Waals surface area contributed by atoms with Gasteiger partial charge in [0.25, 0.3) is 0 Å². The number of carboxylic acid groups (broad SMARTS) is 1. The van der Waals surface area contributed by atoms with E-state index >= 15 is 0 Å². The predicted molar refractivity (Wildman–Crippen MR) is 71.8 cm³/mol. The molecule has 7 heteroatoms. The number of carboxylic acids is 1. The van der Waals surface area contributed by atoms with Gasteiger partial charge in [0.15, 0.2) is 6.10 Å². The molecule has 2 unspecified atom stereocenters. The van der Waals surface area contributed by atoms with Gasteiger partial charge in [0.2, 0.25) is 5.88 Å². The van der Waals surface area contributed by atoms with Crippen LogP contribution in [0.25, 0.3) is 0 Å². The summed E-state index contributed by atoms with van der Waals surface area (Å²) in [4.78, 5) is 19.1. The SMILES string of the molecule is CCCOc1cncc(NCC2CCC(C(=O)O)O2)n1. The first kappa shape index (κ1) is 14.5. The lowest BCUT2D eigenvalue weighted by Gasteiger charge is -2.13. The van der Waals surface area contributed by atoms with Crippen molar-refractivity contribution in [3.05, 3.63) is 12.4 Å². The van der Waals surface area contributed by atoms with Crippen LogP contribution < -0.4 is 10.1 Å². The number of rotatable bonds is 7. The number of carbonyl (C=O) groups is 1. The van der Waals surface area contributed by atoms with Gasteiger partial charge in [-0.05, 0) is 19.3 Å². The summed E-state index contributed by atoms with van der Waals surface area (Å²) in [5.41, 5.74) is 0. The van der Waals surface area contributed by atoms with E-state index in [0.29, 0.717) is 31.3 Å². The highest BCUT2D eigenvalue weighted by Crippen LogP contribution is 2.20. The lowest BCUT2D eigenvalue weighted by Crippen LogP contribution is -2.24. The fourth-order valence-electron chi connectivity index (χ4n) is 1.97. The lowest BCUT2D eigenvalue weighted by atomic mass is 10.2. The Kier molecular flexibility index (Phi) is 5.11. The molecule has 1 aromatic rings. The molecule has 0 bridgehead atoms. The Balaban J connectivity index is 1.80. The number of nitrogens with zero attached hydrogens (tertiary/aromatic N) is 2. The molecule has 1 aliphatic heterocycles. The van der Waals surface area contributed by atoms with Crippen molar-refractivity contribution in [2.24, 2.45) is 0 Å². The van der Waals surface area contributed by atoms with Gasteiger partial charge in [0.05, 0.1) is 25.1 Å². The molecule has 0 aliphatic carbocycles. The molecular weight excluding hydrogens is 262 g/mol. The fourth-order valence-corrected chi connectivity index (χ4v) is 1.97. The van der Waals surface area contributed by atoms with Crippen molar-refractivity contribution in [2.75, 3.05) is 18.5 Å². The van der Waals surface area contributed by atoms with E-state index in [0.717, 1.165) is 12.8 Å². The molecule has 20 heavy (non-hydrogen) atoms. The largest absolute Gasteiger partial charge is 0.479 e. The maximum atomic E-state index is 10.8. The van der Waals surface area contributed by atoms with Gasteiger partial charge in [-0.3, -0.25) is 4.98 Å². The Labute approximate surface area is 117 Å². The lowest BCUT2D eigenvalue weighted by molar-refractivity contribution is -0.149. The zero-order valence-corrected chi connectivity index (χ0v) is 11.4. The zero-order chi connectivity index (χ0) is 14.4. The van der Waals surface area contributed by atoms with Crippen LogP contribution in [0, 0.1) is 0 Å². The van der Waals surface area contributed by atoms with Crippen molar-refractivity contribution in [1.29, 1.82) is 0 Å². The zero-order valence-electron chi connectivity index (χ0n) is 11.4. The third-order valence-corrected chi connectivity index (χ3v) is 2.96. The molecule has 2 atom stereocenters. The normalized spacial score (nSPS) is 21.6. The second-order valence-corrected chi connectivity index (χ2v) is 4.63. The van der Waals surface area contributed by atoms with Crippen molar-refractivity contribution >= 4 is 11.8 Å². The molecule has 110 valence electrons. The van der Waals surface area contributed by atoms with Gasteiger partial charge < -0.3 is 19.9 Å². The van der Waals surface area contributed by atoms with Gasteiger partial charge >= 0.3 is 5.97 Å². The van der Waals surface area contributed by atoms with Crippen LogP contribution in [-0.2, 0) is 9.53 Å². The second-order valence-electron chi connectivity index (χ2n) is 4.63. The average molecular weight is 281 g/mol. The number of anilines is 1. The van der Waals surface area contributed by atoms with Gasteiger partial charge in [0.1, 0.15) is 5.82 Å². The summed E-state index contributed by atoms with van der Waals surface area (Å²) in [6.45, 7) is 3.13. The summed E-state index contributed by atoms with van der Waals surface area (Å²) in [5.74, 6) is 0.177. The van der Waals surface area contributed by atoms with Gasteiger partial charge in [-0.1, -0.05) is 6.92 Å². The Hall–Kier alpha value is -1.89. The van der Waals surface area contributed by atoms with Crippen molar-refractivity contribution in [1.82, 2.24) is 9.97 Å². The number of hydrogen-bond acceptors (Lipinski definition) is 6. The van der Waals surface area contributed by atoms with Crippen LogP contribution >= 0.6 is 0 Å². The van der Waals surface area contributed by atoms with E-state index < -0.39 is 12.1 Å². The van der Waals surface area contributed by atoms with Crippen molar-refractivity contribution < 1.29 is 19.4 Å². The minimum absolute atomic E-state index is 0.113.